The Bertz CT molecular complexity index is 465. The number of halogens is 3. The Morgan fingerprint density at radius 3 is 2.64 bits per heavy atom. The molecule has 0 aromatic heterocycles. The number of carbonyl (C=O) groups excluding carboxylic acids is 1. The lowest BCUT2D eigenvalue weighted by Gasteiger charge is -2.19. The first-order valence-corrected chi connectivity index (χ1v) is 7.03. The summed E-state index contributed by atoms with van der Waals surface area (Å²) in [6.45, 7) is -0.472. The van der Waals surface area contributed by atoms with Gasteiger partial charge in [0.2, 0.25) is 5.91 Å². The topological polar surface area (TPSA) is 41.6 Å². The quantitative estimate of drug-likeness (QED) is 0.869. The number of nitrogens with one attached hydrogen (secondary N) is 1. The third kappa shape index (κ3) is 5.77. The Kier molecular flexibility index (Phi) is 7.55. The molecule has 1 aliphatic heterocycles. The molecule has 0 aliphatic carbocycles. The van der Waals surface area contributed by atoms with Gasteiger partial charge in [0.1, 0.15) is 5.75 Å². The number of benzene rings is 1. The van der Waals surface area contributed by atoms with Crippen molar-refractivity contribution in [3.63, 3.8) is 0 Å². The molecular weight excluding hydrogens is 314 g/mol. The van der Waals surface area contributed by atoms with Gasteiger partial charge < -0.3 is 15.0 Å². The van der Waals surface area contributed by atoms with Crippen molar-refractivity contribution in [2.45, 2.75) is 26.0 Å². The van der Waals surface area contributed by atoms with Crippen LogP contribution < -0.4 is 10.1 Å². The summed E-state index contributed by atoms with van der Waals surface area (Å²) in [6.07, 6.45) is 1.59. The van der Waals surface area contributed by atoms with Crippen molar-refractivity contribution in [3.8, 4) is 5.75 Å². The van der Waals surface area contributed by atoms with Crippen LogP contribution in [0.4, 0.5) is 8.78 Å². The SMILES string of the molecule is CN(Cc1ccc(OC(F)F)cc1)C(=O)CC1CCNC1.Cl. The highest BCUT2D eigenvalue weighted by Crippen LogP contribution is 2.17. The molecule has 124 valence electrons. The van der Waals surface area contributed by atoms with Gasteiger partial charge in [0, 0.05) is 20.0 Å². The van der Waals surface area contributed by atoms with Crippen molar-refractivity contribution in [3.05, 3.63) is 29.8 Å². The maximum Gasteiger partial charge on any atom is 0.387 e. The molecule has 22 heavy (non-hydrogen) atoms. The van der Waals surface area contributed by atoms with E-state index in [0.29, 0.717) is 18.9 Å². The number of carbonyl (C=O) groups is 1. The summed E-state index contributed by atoms with van der Waals surface area (Å²) in [7, 11) is 1.76. The van der Waals surface area contributed by atoms with Gasteiger partial charge in [-0.15, -0.1) is 12.4 Å². The molecule has 0 spiro atoms. The number of rotatable bonds is 6. The molecule has 1 N–H and O–H groups in total. The summed E-state index contributed by atoms with van der Waals surface area (Å²) in [5.74, 6) is 0.651. The van der Waals surface area contributed by atoms with Gasteiger partial charge in [0.05, 0.1) is 0 Å². The fourth-order valence-electron chi connectivity index (χ4n) is 2.43. The van der Waals surface area contributed by atoms with Gasteiger partial charge >= 0.3 is 6.61 Å². The van der Waals surface area contributed by atoms with Gasteiger partial charge in [-0.2, -0.15) is 8.78 Å². The highest BCUT2D eigenvalue weighted by atomic mass is 35.5. The Labute approximate surface area is 135 Å². The second-order valence-corrected chi connectivity index (χ2v) is 5.34. The van der Waals surface area contributed by atoms with E-state index in [1.807, 2.05) is 0 Å². The molecule has 1 aromatic rings. The summed E-state index contributed by atoms with van der Waals surface area (Å²) < 4.78 is 28.4. The highest BCUT2D eigenvalue weighted by molar-refractivity contribution is 5.85. The predicted molar refractivity (Wildman–Crippen MR) is 82.4 cm³/mol. The normalized spacial score (nSPS) is 17.2. The van der Waals surface area contributed by atoms with E-state index in [-0.39, 0.29) is 24.1 Å². The number of nitrogens with zero attached hydrogens (tertiary/aromatic N) is 1. The Morgan fingerprint density at radius 1 is 1.41 bits per heavy atom. The zero-order valence-corrected chi connectivity index (χ0v) is 13.2. The Morgan fingerprint density at radius 2 is 2.09 bits per heavy atom. The molecule has 4 nitrogen and oxygen atoms in total. The molecule has 7 heteroatoms. The summed E-state index contributed by atoms with van der Waals surface area (Å²) in [5.41, 5.74) is 0.886. The first-order valence-electron chi connectivity index (χ1n) is 7.03. The van der Waals surface area contributed by atoms with Crippen molar-refractivity contribution in [2.24, 2.45) is 5.92 Å². The van der Waals surface area contributed by atoms with E-state index in [0.717, 1.165) is 25.1 Å². The van der Waals surface area contributed by atoms with Crippen LogP contribution in [0.1, 0.15) is 18.4 Å². The molecule has 0 radical (unpaired) electrons. The van der Waals surface area contributed by atoms with Crippen LogP contribution in [0.3, 0.4) is 0 Å². The molecule has 0 saturated carbocycles. The number of alkyl halides is 2. The zero-order chi connectivity index (χ0) is 15.2. The molecule has 1 saturated heterocycles. The van der Waals surface area contributed by atoms with Crippen LogP contribution in [0.15, 0.2) is 24.3 Å². The maximum atomic E-state index is 12.1. The third-order valence-electron chi connectivity index (χ3n) is 3.62. The van der Waals surface area contributed by atoms with Crippen molar-refractivity contribution < 1.29 is 18.3 Å². The Balaban J connectivity index is 0.00000242. The summed E-state index contributed by atoms with van der Waals surface area (Å²) >= 11 is 0. The van der Waals surface area contributed by atoms with Crippen LogP contribution in [-0.4, -0.2) is 37.6 Å². The van der Waals surface area contributed by atoms with Gasteiger partial charge in [-0.05, 0) is 43.1 Å². The summed E-state index contributed by atoms with van der Waals surface area (Å²) in [4.78, 5) is 13.8. The molecule has 1 heterocycles. The van der Waals surface area contributed by atoms with Crippen LogP contribution in [0.2, 0.25) is 0 Å². The lowest BCUT2D eigenvalue weighted by atomic mass is 10.0. The van der Waals surface area contributed by atoms with Gasteiger partial charge in [-0.3, -0.25) is 4.79 Å². The van der Waals surface area contributed by atoms with E-state index in [1.165, 1.54) is 12.1 Å². The fourth-order valence-corrected chi connectivity index (χ4v) is 2.43. The number of hydrogen-bond donors (Lipinski definition) is 1. The minimum Gasteiger partial charge on any atom is -0.435 e. The summed E-state index contributed by atoms with van der Waals surface area (Å²) in [5, 5.41) is 3.24. The predicted octanol–water partition coefficient (Wildman–Crippen LogP) is 2.67. The third-order valence-corrected chi connectivity index (χ3v) is 3.62. The minimum absolute atomic E-state index is 0. The smallest absolute Gasteiger partial charge is 0.387 e. The monoisotopic (exact) mass is 334 g/mol. The van der Waals surface area contributed by atoms with E-state index in [9.17, 15) is 13.6 Å². The number of ether oxygens (including phenoxy) is 1. The van der Waals surface area contributed by atoms with Gasteiger partial charge in [-0.25, -0.2) is 0 Å². The van der Waals surface area contributed by atoms with E-state index in [4.69, 9.17) is 0 Å². The minimum atomic E-state index is -2.82. The van der Waals surface area contributed by atoms with E-state index in [1.54, 1.807) is 24.1 Å². The molecule has 1 aliphatic rings. The summed E-state index contributed by atoms with van der Waals surface area (Å²) in [6, 6.07) is 6.36. The lowest BCUT2D eigenvalue weighted by molar-refractivity contribution is -0.131. The van der Waals surface area contributed by atoms with E-state index >= 15 is 0 Å². The fraction of sp³-hybridized carbons (Fsp3) is 0.533. The van der Waals surface area contributed by atoms with Crippen LogP contribution in [0.25, 0.3) is 0 Å². The largest absolute Gasteiger partial charge is 0.435 e. The molecule has 0 bridgehead atoms. The van der Waals surface area contributed by atoms with Crippen LogP contribution in [0.5, 0.6) is 5.75 Å². The van der Waals surface area contributed by atoms with Gasteiger partial charge in [0.15, 0.2) is 0 Å². The standard InChI is InChI=1S/C15H20F2N2O2.ClH/c1-19(14(20)8-12-6-7-18-9-12)10-11-2-4-13(5-3-11)21-15(16)17;/h2-5,12,15,18H,6-10H2,1H3;1H. The average Bonchev–Trinajstić information content (AvgIpc) is 2.93. The van der Waals surface area contributed by atoms with Crippen LogP contribution >= 0.6 is 12.4 Å². The first-order chi connectivity index (χ1) is 10.0. The second kappa shape index (κ2) is 8.90. The average molecular weight is 335 g/mol. The van der Waals surface area contributed by atoms with E-state index < -0.39 is 6.61 Å². The maximum absolute atomic E-state index is 12.1. The lowest BCUT2D eigenvalue weighted by Crippen LogP contribution is -2.28. The van der Waals surface area contributed by atoms with Crippen molar-refractivity contribution in [1.82, 2.24) is 10.2 Å². The van der Waals surface area contributed by atoms with E-state index in [2.05, 4.69) is 10.1 Å². The van der Waals surface area contributed by atoms with Gasteiger partial charge in [-0.1, -0.05) is 12.1 Å². The molecular formula is C15H21ClF2N2O2. The first kappa shape index (κ1) is 18.6. The molecule has 1 amide bonds. The Hall–Kier alpha value is -1.40. The number of amides is 1. The van der Waals surface area contributed by atoms with Crippen molar-refractivity contribution >= 4 is 18.3 Å². The molecule has 1 fully saturated rings. The van der Waals surface area contributed by atoms with Crippen molar-refractivity contribution in [2.75, 3.05) is 20.1 Å². The molecule has 1 atom stereocenters. The molecule has 1 unspecified atom stereocenters. The second-order valence-electron chi connectivity index (χ2n) is 5.34. The van der Waals surface area contributed by atoms with Crippen LogP contribution in [-0.2, 0) is 11.3 Å². The highest BCUT2D eigenvalue weighted by Gasteiger charge is 2.20. The van der Waals surface area contributed by atoms with Crippen LogP contribution in [0, 0.1) is 5.92 Å². The number of hydrogen-bond acceptors (Lipinski definition) is 3. The van der Waals surface area contributed by atoms with Gasteiger partial charge in [0.25, 0.3) is 0 Å². The van der Waals surface area contributed by atoms with Crippen molar-refractivity contribution in [1.29, 1.82) is 0 Å². The molecule has 2 rings (SSSR count). The zero-order valence-electron chi connectivity index (χ0n) is 12.4. The molecule has 1 aromatic carbocycles.